The Hall–Kier alpha value is -3.32. The van der Waals surface area contributed by atoms with Crippen molar-refractivity contribution < 1.29 is 14.3 Å². The molecule has 3 heterocycles. The number of ketones is 1. The fourth-order valence-electron chi connectivity index (χ4n) is 3.09. The summed E-state index contributed by atoms with van der Waals surface area (Å²) in [5, 5.41) is 1.47. The molecular formula is C21H17N3O3S. The van der Waals surface area contributed by atoms with E-state index in [0.29, 0.717) is 26.8 Å². The van der Waals surface area contributed by atoms with Crippen molar-refractivity contribution in [2.75, 3.05) is 6.61 Å². The van der Waals surface area contributed by atoms with Crippen LogP contribution in [0.1, 0.15) is 31.4 Å². The van der Waals surface area contributed by atoms with Crippen molar-refractivity contribution in [1.82, 2.24) is 15.0 Å². The summed E-state index contributed by atoms with van der Waals surface area (Å²) in [5.74, 6) is -0.793. The number of aryl methyl sites for hydroxylation is 2. The van der Waals surface area contributed by atoms with E-state index in [1.54, 1.807) is 13.1 Å². The number of thiazole rings is 1. The first-order chi connectivity index (χ1) is 13.5. The second-order valence-electron chi connectivity index (χ2n) is 6.32. The number of hydrogen-bond donors (Lipinski definition) is 1. The molecule has 4 rings (SSSR count). The first-order valence-corrected chi connectivity index (χ1v) is 9.52. The van der Waals surface area contributed by atoms with Crippen molar-refractivity contribution in [2.45, 2.75) is 13.8 Å². The van der Waals surface area contributed by atoms with Gasteiger partial charge in [0.25, 0.3) is 0 Å². The van der Waals surface area contributed by atoms with Gasteiger partial charge >= 0.3 is 5.97 Å². The fourth-order valence-corrected chi connectivity index (χ4v) is 4.03. The topological polar surface area (TPSA) is 84.9 Å². The molecule has 0 aliphatic heterocycles. The lowest BCUT2D eigenvalue weighted by atomic mass is 10.1. The van der Waals surface area contributed by atoms with Crippen LogP contribution < -0.4 is 0 Å². The molecule has 0 fully saturated rings. The molecule has 7 heteroatoms. The number of ether oxygens (including phenoxy) is 1. The number of para-hydroxylation sites is 1. The van der Waals surface area contributed by atoms with Gasteiger partial charge in [-0.05, 0) is 32.0 Å². The van der Waals surface area contributed by atoms with Crippen molar-refractivity contribution in [3.05, 3.63) is 70.5 Å². The molecule has 3 aromatic heterocycles. The maximum Gasteiger partial charge on any atom is 0.350 e. The molecule has 0 amide bonds. The lowest BCUT2D eigenvalue weighted by Crippen LogP contribution is -2.14. The van der Waals surface area contributed by atoms with E-state index in [1.165, 1.54) is 11.3 Å². The third-order valence-electron chi connectivity index (χ3n) is 4.37. The molecule has 0 aliphatic carbocycles. The number of rotatable bonds is 5. The average molecular weight is 391 g/mol. The third kappa shape index (κ3) is 3.32. The van der Waals surface area contributed by atoms with Crippen LogP contribution in [0.15, 0.2) is 48.7 Å². The van der Waals surface area contributed by atoms with E-state index in [1.807, 2.05) is 49.4 Å². The molecule has 1 aromatic carbocycles. The SMILES string of the molecule is Cc1nc(-c2ccccn2)sc1C(=O)OCC(=O)c1c(C)[nH]c2ccccc12. The summed E-state index contributed by atoms with van der Waals surface area (Å²) in [6.45, 7) is 3.25. The van der Waals surface area contributed by atoms with E-state index in [-0.39, 0.29) is 12.4 Å². The Morgan fingerprint density at radius 3 is 2.68 bits per heavy atom. The summed E-state index contributed by atoms with van der Waals surface area (Å²) in [5.41, 5.74) is 3.45. The predicted molar refractivity (Wildman–Crippen MR) is 108 cm³/mol. The Kier molecular flexibility index (Phi) is 4.75. The van der Waals surface area contributed by atoms with Gasteiger partial charge in [0, 0.05) is 28.4 Å². The normalized spacial score (nSPS) is 10.9. The second kappa shape index (κ2) is 7.36. The predicted octanol–water partition coefficient (Wildman–Crippen LogP) is 4.34. The van der Waals surface area contributed by atoms with Crippen LogP contribution in [0.4, 0.5) is 0 Å². The molecule has 140 valence electrons. The first-order valence-electron chi connectivity index (χ1n) is 8.71. The van der Waals surface area contributed by atoms with Gasteiger partial charge < -0.3 is 9.72 Å². The number of benzene rings is 1. The summed E-state index contributed by atoms with van der Waals surface area (Å²) < 4.78 is 5.30. The lowest BCUT2D eigenvalue weighted by molar-refractivity contribution is 0.0479. The van der Waals surface area contributed by atoms with Crippen molar-refractivity contribution in [3.8, 4) is 10.7 Å². The number of fused-ring (bicyclic) bond motifs is 1. The van der Waals surface area contributed by atoms with Gasteiger partial charge in [0.05, 0.1) is 11.4 Å². The molecule has 0 saturated carbocycles. The number of carbonyl (C=O) groups is 2. The maximum absolute atomic E-state index is 12.7. The van der Waals surface area contributed by atoms with Crippen molar-refractivity contribution in [3.63, 3.8) is 0 Å². The molecule has 4 aromatic rings. The van der Waals surface area contributed by atoms with E-state index in [9.17, 15) is 9.59 Å². The number of pyridine rings is 1. The third-order valence-corrected chi connectivity index (χ3v) is 5.53. The van der Waals surface area contributed by atoms with E-state index in [2.05, 4.69) is 15.0 Å². The lowest BCUT2D eigenvalue weighted by Gasteiger charge is -2.04. The molecule has 0 spiro atoms. The van der Waals surface area contributed by atoms with Gasteiger partial charge in [-0.15, -0.1) is 11.3 Å². The minimum atomic E-state index is -0.553. The van der Waals surface area contributed by atoms with Crippen molar-refractivity contribution in [1.29, 1.82) is 0 Å². The molecule has 0 radical (unpaired) electrons. The Morgan fingerprint density at radius 2 is 1.89 bits per heavy atom. The molecule has 0 aliphatic rings. The second-order valence-corrected chi connectivity index (χ2v) is 7.32. The monoisotopic (exact) mass is 391 g/mol. The highest BCUT2D eigenvalue weighted by molar-refractivity contribution is 7.17. The van der Waals surface area contributed by atoms with Gasteiger partial charge in [-0.25, -0.2) is 9.78 Å². The van der Waals surface area contributed by atoms with Gasteiger partial charge in [0.2, 0.25) is 5.78 Å². The first kappa shape index (κ1) is 18.1. The summed E-state index contributed by atoms with van der Waals surface area (Å²) in [6.07, 6.45) is 1.67. The van der Waals surface area contributed by atoms with Gasteiger partial charge in [-0.2, -0.15) is 0 Å². The molecule has 0 atom stereocenters. The van der Waals surface area contributed by atoms with Crippen LogP contribution in [-0.2, 0) is 4.74 Å². The minimum absolute atomic E-state index is 0.240. The van der Waals surface area contributed by atoms with Crippen molar-refractivity contribution in [2.24, 2.45) is 0 Å². The highest BCUT2D eigenvalue weighted by Crippen LogP contribution is 2.27. The number of nitrogens with one attached hydrogen (secondary N) is 1. The summed E-state index contributed by atoms with van der Waals surface area (Å²) in [4.78, 5) is 37.4. The van der Waals surface area contributed by atoms with E-state index in [0.717, 1.165) is 16.6 Å². The zero-order valence-corrected chi connectivity index (χ0v) is 16.2. The Labute approximate surface area is 165 Å². The Bertz CT molecular complexity index is 1180. The zero-order chi connectivity index (χ0) is 19.7. The van der Waals surface area contributed by atoms with Crippen LogP contribution >= 0.6 is 11.3 Å². The van der Waals surface area contributed by atoms with E-state index in [4.69, 9.17) is 4.74 Å². The zero-order valence-electron chi connectivity index (χ0n) is 15.4. The smallest absolute Gasteiger partial charge is 0.350 e. The maximum atomic E-state index is 12.7. The molecule has 1 N–H and O–H groups in total. The standard InChI is InChI=1S/C21H17N3O3S/c1-12-18(14-7-3-4-8-15(14)23-12)17(25)11-27-21(26)19-13(2)24-20(28-19)16-9-5-6-10-22-16/h3-10,23H,11H2,1-2H3. The highest BCUT2D eigenvalue weighted by atomic mass is 32.1. The number of esters is 1. The van der Waals surface area contributed by atoms with Gasteiger partial charge in [-0.1, -0.05) is 24.3 Å². The molecule has 6 nitrogen and oxygen atoms in total. The molecule has 28 heavy (non-hydrogen) atoms. The average Bonchev–Trinajstić information content (AvgIpc) is 3.26. The van der Waals surface area contributed by atoms with Gasteiger partial charge in [0.1, 0.15) is 9.88 Å². The molecule has 0 unspecified atom stereocenters. The number of aromatic amines is 1. The Morgan fingerprint density at radius 1 is 1.11 bits per heavy atom. The van der Waals surface area contributed by atoms with Gasteiger partial charge in [0.15, 0.2) is 6.61 Å². The van der Waals surface area contributed by atoms with Crippen LogP contribution in [0, 0.1) is 13.8 Å². The number of nitrogens with zero attached hydrogens (tertiary/aromatic N) is 2. The van der Waals surface area contributed by atoms with E-state index >= 15 is 0 Å². The highest BCUT2D eigenvalue weighted by Gasteiger charge is 2.21. The van der Waals surface area contributed by atoms with Crippen molar-refractivity contribution >= 4 is 34.0 Å². The number of Topliss-reactive ketones (excluding diaryl/α,β-unsaturated/α-hetero) is 1. The summed E-state index contributed by atoms with van der Waals surface area (Å²) in [7, 11) is 0. The van der Waals surface area contributed by atoms with E-state index < -0.39 is 5.97 Å². The molecule has 0 bridgehead atoms. The Balaban J connectivity index is 1.51. The fraction of sp³-hybridized carbons (Fsp3) is 0.143. The summed E-state index contributed by atoms with van der Waals surface area (Å²) in [6, 6.07) is 13.1. The quantitative estimate of drug-likeness (QED) is 0.404. The largest absolute Gasteiger partial charge is 0.453 e. The van der Waals surface area contributed by atoms with Gasteiger partial charge in [-0.3, -0.25) is 9.78 Å². The van der Waals surface area contributed by atoms with Crippen LogP contribution in [0.25, 0.3) is 21.6 Å². The van der Waals surface area contributed by atoms with Crippen LogP contribution in [0.2, 0.25) is 0 Å². The number of aromatic nitrogens is 3. The van der Waals surface area contributed by atoms with Crippen LogP contribution in [0.3, 0.4) is 0 Å². The van der Waals surface area contributed by atoms with Crippen LogP contribution in [0.5, 0.6) is 0 Å². The number of carbonyl (C=O) groups excluding carboxylic acids is 2. The summed E-state index contributed by atoms with van der Waals surface area (Å²) >= 11 is 1.21. The number of H-pyrrole nitrogens is 1. The molecule has 0 saturated heterocycles. The minimum Gasteiger partial charge on any atom is -0.453 e. The van der Waals surface area contributed by atoms with Crippen LogP contribution in [-0.4, -0.2) is 33.3 Å². The number of hydrogen-bond acceptors (Lipinski definition) is 6. The molecular weight excluding hydrogens is 374 g/mol.